The van der Waals surface area contributed by atoms with Crippen molar-refractivity contribution in [2.45, 2.75) is 194 Å². The number of rotatable bonds is 24. The van der Waals surface area contributed by atoms with E-state index in [4.69, 9.17) is 61.7 Å². The number of hydrogen-bond donors (Lipinski definition) is 9. The van der Waals surface area contributed by atoms with E-state index in [0.29, 0.717) is 15.7 Å². The first-order valence-electron chi connectivity index (χ1n) is 28.6. The molecule has 26 nitrogen and oxygen atoms in total. The van der Waals surface area contributed by atoms with Crippen LogP contribution in [0.25, 0.3) is 0 Å². The second-order valence-electron chi connectivity index (χ2n) is 22.3. The largest absolute Gasteiger partial charge is 0.492 e. The number of carboxylic acid groups (broad SMARTS) is 1. The van der Waals surface area contributed by atoms with E-state index in [1.165, 1.54) is 55.1 Å². The molecule has 7 rings (SSSR count). The van der Waals surface area contributed by atoms with E-state index >= 15 is 0 Å². The van der Waals surface area contributed by atoms with Crippen molar-refractivity contribution in [2.24, 2.45) is 0 Å². The highest BCUT2D eigenvalue weighted by atomic mass is 127. The Morgan fingerprint density at radius 3 is 2.24 bits per heavy atom. The van der Waals surface area contributed by atoms with E-state index in [2.05, 4.69) is 39.8 Å². The van der Waals surface area contributed by atoms with E-state index in [9.17, 15) is 49.8 Å². The average molecular weight is 1420 g/mol. The minimum atomic E-state index is -2.17. The number of thioether (sulfide) groups is 1. The lowest BCUT2D eigenvalue weighted by atomic mass is 9.75. The number of nitrogens with one attached hydrogen (secondary N) is 3. The van der Waals surface area contributed by atoms with Crippen molar-refractivity contribution in [1.29, 1.82) is 0 Å². The summed E-state index contributed by atoms with van der Waals surface area (Å²) >= 11 is 2.80. The number of aliphatic carboxylic acids is 1. The quantitative estimate of drug-likeness (QED) is 0.0236. The summed E-state index contributed by atoms with van der Waals surface area (Å²) in [4.78, 5) is 59.5. The van der Waals surface area contributed by atoms with Crippen LogP contribution in [-0.4, -0.2) is 228 Å². The lowest BCUT2D eigenvalue weighted by Crippen LogP contribution is -2.65. The number of ketones is 1. The molecule has 0 saturated carbocycles. The van der Waals surface area contributed by atoms with Crippen LogP contribution in [-0.2, 0) is 57.1 Å². The molecule has 19 atom stereocenters. The molecule has 0 aromatic heterocycles. The van der Waals surface area contributed by atoms with Crippen LogP contribution in [0.1, 0.15) is 83.1 Å². The second-order valence-corrected chi connectivity index (χ2v) is 27.5. The first-order chi connectivity index (χ1) is 42.2. The summed E-state index contributed by atoms with van der Waals surface area (Å²) in [6, 6.07) is -1.34. The molecule has 30 heteroatoms. The molecular weight excluding hydrogens is 1340 g/mol. The number of aliphatic hydroxyl groups is 5. The van der Waals surface area contributed by atoms with Crippen molar-refractivity contribution < 1.29 is 111 Å². The van der Waals surface area contributed by atoms with E-state index in [0.717, 1.165) is 18.9 Å². The predicted octanol–water partition coefficient (Wildman–Crippen LogP) is 3.17. The van der Waals surface area contributed by atoms with Gasteiger partial charge in [-0.3, -0.25) is 24.5 Å². The third kappa shape index (κ3) is 17.3. The number of Topliss-reactive ketones (excluding diaryl/α,β-unsaturated/α-hetero) is 1. The molecule has 6 aliphatic rings. The summed E-state index contributed by atoms with van der Waals surface area (Å²) < 4.78 is 71.9. The third-order valence-corrected chi connectivity index (χ3v) is 21.3. The van der Waals surface area contributed by atoms with Crippen LogP contribution in [0.4, 0.5) is 4.79 Å². The summed E-state index contributed by atoms with van der Waals surface area (Å²) in [6.07, 6.45) is -14.8. The molecule has 4 saturated heterocycles. The number of likely N-dealkylation sites (N-methyl/N-ethyl adjacent to an activating group) is 1. The number of carbonyl (C=O) groups excluding carboxylic acids is 3. The van der Waals surface area contributed by atoms with Crippen LogP contribution >= 0.6 is 55.9 Å². The highest BCUT2D eigenvalue weighted by molar-refractivity contribution is 14.1. The van der Waals surface area contributed by atoms with Gasteiger partial charge in [-0.05, 0) is 88.4 Å². The Bertz CT molecular complexity index is 2920. The summed E-state index contributed by atoms with van der Waals surface area (Å²) in [5, 5.41) is 72.4. The monoisotopic (exact) mass is 1420 g/mol. The van der Waals surface area contributed by atoms with Gasteiger partial charge in [0.1, 0.15) is 36.6 Å². The van der Waals surface area contributed by atoms with Crippen LogP contribution in [0.15, 0.2) is 35.1 Å². The van der Waals surface area contributed by atoms with Gasteiger partial charge in [0.15, 0.2) is 41.8 Å². The molecule has 4 aliphatic heterocycles. The number of aliphatic hydroxyl groups excluding tert-OH is 4. The van der Waals surface area contributed by atoms with Crippen LogP contribution in [0.5, 0.6) is 17.2 Å². The number of alkyl carbamates (subject to hydrolysis) is 1. The third-order valence-electron chi connectivity index (χ3n) is 15.5. The molecule has 1 amide bonds. The Morgan fingerprint density at radius 1 is 0.876 bits per heavy atom. The number of benzene rings is 1. The van der Waals surface area contributed by atoms with Crippen molar-refractivity contribution in [3.8, 4) is 40.9 Å². The summed E-state index contributed by atoms with van der Waals surface area (Å²) in [5.74, 6) is 9.92. The van der Waals surface area contributed by atoms with Gasteiger partial charge in [-0.2, -0.15) is 5.48 Å². The van der Waals surface area contributed by atoms with Crippen molar-refractivity contribution in [3.05, 3.63) is 49.8 Å². The minimum Gasteiger partial charge on any atom is -0.492 e. The number of halogens is 1. The Morgan fingerprint density at radius 2 is 1.58 bits per heavy atom. The maximum Gasteiger partial charge on any atom is 0.411 e. The normalized spacial score (nSPS) is 34.7. The van der Waals surface area contributed by atoms with Crippen LogP contribution in [0.3, 0.4) is 0 Å². The summed E-state index contributed by atoms with van der Waals surface area (Å²) in [5.41, 5.74) is 0.873. The highest BCUT2D eigenvalue weighted by Gasteiger charge is 2.52. The number of methoxy groups -OCH3 is 5. The standard InChI is InChI=1S/C59H80IN3O23S3/c1-13-61-32-26-79-38(23-36(32)74-8)84-51-46(69)43(28(3)81-56(51)83-35-18-16-14-15-17-20-59(73)24-34(65)44(62-57(72)78-12)41(35)31(59)19-21-87-89-58(6,7)25-37(66)67)63-86-39-22-33(64)53(30(5)80-39)88-54(71)40-27(2)42(60)49(52(77-11)48(40)75-9)85-55-47(70)50(76-10)45(68)29(4)82-55/h14-15,19,28-30,32-33,35-36,38-39,43,45-47,50-51,53,55-56,61,63-64,68-70,73H,13,21-26H2,1-12H3,(H,62,72)(H,66,67)/b15-14-,31-19+/t28-,29+,30-,32+,33+,35+,36+,38+,39+,43-,45+,46+,47-,50-,51-,53-,55+,56+,59+/m1/s1. The fourth-order valence-electron chi connectivity index (χ4n) is 11.0. The maximum atomic E-state index is 14.5. The maximum absolute atomic E-state index is 14.5. The molecule has 2 bridgehead atoms. The zero-order valence-corrected chi connectivity index (χ0v) is 55.9. The molecular formula is C59H80IN3O23S3. The highest BCUT2D eigenvalue weighted by Crippen LogP contribution is 2.49. The molecule has 0 radical (unpaired) electrons. The fraction of sp³-hybridized carbons (Fsp3) is 0.661. The molecule has 4 fully saturated rings. The first-order valence-corrected chi connectivity index (χ1v) is 32.9. The van der Waals surface area contributed by atoms with Crippen LogP contribution in [0, 0.1) is 34.2 Å². The molecule has 2 aliphatic carbocycles. The lowest BCUT2D eigenvalue weighted by molar-refractivity contribution is -0.336. The number of hydroxylamine groups is 1. The van der Waals surface area contributed by atoms with E-state index < -0.39 is 143 Å². The van der Waals surface area contributed by atoms with Crippen molar-refractivity contribution in [2.75, 3.05) is 54.5 Å². The number of ether oxygens (including phenoxy) is 12. The van der Waals surface area contributed by atoms with Gasteiger partial charge in [-0.15, -0.1) is 0 Å². The molecule has 494 valence electrons. The number of fused-ring (bicyclic) bond motifs is 2. The van der Waals surface area contributed by atoms with Crippen LogP contribution < -0.4 is 30.3 Å². The van der Waals surface area contributed by atoms with Gasteiger partial charge in [0.2, 0.25) is 17.2 Å². The lowest BCUT2D eigenvalue weighted by Gasteiger charge is -2.46. The Labute approximate surface area is 542 Å². The molecule has 89 heavy (non-hydrogen) atoms. The fourth-order valence-corrected chi connectivity index (χ4v) is 15.1. The Hall–Kier alpha value is -3.82. The number of hydrogen-bond acceptors (Lipinski definition) is 27. The number of allylic oxidation sites excluding steroid dienone is 3. The summed E-state index contributed by atoms with van der Waals surface area (Å²) in [6.45, 7) is 12.8. The molecule has 1 aromatic carbocycles. The zero-order chi connectivity index (χ0) is 65.2. The van der Waals surface area contributed by atoms with Crippen LogP contribution in [0.2, 0.25) is 0 Å². The van der Waals surface area contributed by atoms with Gasteiger partial charge in [-0.25, -0.2) is 4.79 Å². The SMILES string of the molecule is CCN[C@H]1CO[C@@H](O[C@H]2[C@H](O[C@H]3C#C/C=C\C#C[C@]4(O)CC(=O)C(NC(=O)OC)=C3/C4=C\CSSC(C)(C)CC(=O)O)O[C@H](C)[C@@H](NO[C@H]3C[C@H](O)[C@H](SC(=O)c4c(C)c(I)c(O[C@@H]5O[C@@H](C)[C@H](O)[C@@H](OC)[C@H]5O)c(OC)c4OC)[C@@H](C)O3)[C@@H]2O)C[C@@H]1OC. The van der Waals surface area contributed by atoms with Gasteiger partial charge in [-0.1, -0.05) is 70.0 Å². The zero-order valence-electron chi connectivity index (χ0n) is 51.3. The van der Waals surface area contributed by atoms with Crippen molar-refractivity contribution in [1.82, 2.24) is 16.1 Å². The molecule has 9 N–H and O–H groups in total. The van der Waals surface area contributed by atoms with E-state index in [1.807, 2.05) is 29.5 Å². The summed E-state index contributed by atoms with van der Waals surface area (Å²) in [7, 11) is 9.29. The Balaban J connectivity index is 1.13. The topological polar surface area (TPSA) is 346 Å². The van der Waals surface area contributed by atoms with Gasteiger partial charge in [0.25, 0.3) is 0 Å². The average Bonchev–Trinajstić information content (AvgIpc) is 0.821. The molecule has 0 spiro atoms. The van der Waals surface area contributed by atoms with Gasteiger partial charge in [0, 0.05) is 48.7 Å². The predicted molar refractivity (Wildman–Crippen MR) is 332 cm³/mol. The van der Waals surface area contributed by atoms with Gasteiger partial charge < -0.3 is 92.8 Å². The number of carboxylic acids is 1. The van der Waals surface area contributed by atoms with Crippen molar-refractivity contribution >= 4 is 78.9 Å². The minimum absolute atomic E-state index is 0.0131. The molecule has 0 unspecified atom stereocenters. The number of carbonyl (C=O) groups is 4. The molecule has 4 heterocycles. The van der Waals surface area contributed by atoms with E-state index in [-0.39, 0.29) is 77.3 Å². The van der Waals surface area contributed by atoms with E-state index in [1.54, 1.807) is 54.7 Å². The Kier molecular flexibility index (Phi) is 26.4. The first kappa shape index (κ1) is 72.6. The van der Waals surface area contributed by atoms with Gasteiger partial charge in [0.05, 0.1) is 103 Å². The number of amides is 1. The second kappa shape index (κ2) is 32.3. The smallest absolute Gasteiger partial charge is 0.411 e. The molecule has 1 aromatic rings. The van der Waals surface area contributed by atoms with Gasteiger partial charge >= 0.3 is 12.1 Å². The van der Waals surface area contributed by atoms with Crippen molar-refractivity contribution in [3.63, 3.8) is 0 Å².